The maximum absolute atomic E-state index is 12.6. The number of nitrogens with zero attached hydrogens (tertiary/aromatic N) is 5. The van der Waals surface area contributed by atoms with Gasteiger partial charge >= 0.3 is 0 Å². The summed E-state index contributed by atoms with van der Waals surface area (Å²) in [5.41, 5.74) is 0.408. The van der Waals surface area contributed by atoms with Crippen molar-refractivity contribution in [2.45, 2.75) is 44.4 Å². The minimum absolute atomic E-state index is 0.0911. The maximum Gasteiger partial charge on any atom is 0.264 e. The molecule has 0 N–H and O–H groups in total. The van der Waals surface area contributed by atoms with Crippen molar-refractivity contribution in [1.82, 2.24) is 24.2 Å². The van der Waals surface area contributed by atoms with Gasteiger partial charge in [0.25, 0.3) is 5.56 Å². The van der Waals surface area contributed by atoms with Crippen molar-refractivity contribution in [3.8, 4) is 0 Å². The van der Waals surface area contributed by atoms with E-state index < -0.39 is 0 Å². The van der Waals surface area contributed by atoms with Crippen LogP contribution in [0.5, 0.6) is 0 Å². The molecule has 2 aromatic heterocycles. The second kappa shape index (κ2) is 6.01. The minimum Gasteiger partial charge on any atom is -0.374 e. The molecule has 8 nitrogen and oxygen atoms in total. The molecule has 0 aromatic carbocycles. The first-order valence-corrected chi connectivity index (χ1v) is 8.43. The molecular weight excluding hydrogens is 310 g/mol. The van der Waals surface area contributed by atoms with Gasteiger partial charge in [-0.25, -0.2) is 4.98 Å². The Morgan fingerprint density at radius 3 is 3.17 bits per heavy atom. The SMILES string of the molecule is Cn1ncc2c(=O)n(CCC(=O)N3CCOC4CCCC43)cnc21. The van der Waals surface area contributed by atoms with E-state index in [0.29, 0.717) is 37.2 Å². The third-order valence-corrected chi connectivity index (χ3v) is 5.09. The van der Waals surface area contributed by atoms with Crippen LogP contribution < -0.4 is 5.56 Å². The largest absolute Gasteiger partial charge is 0.374 e. The molecule has 1 saturated heterocycles. The topological polar surface area (TPSA) is 82.2 Å². The van der Waals surface area contributed by atoms with E-state index in [1.165, 1.54) is 17.1 Å². The number of carbonyl (C=O) groups is 1. The monoisotopic (exact) mass is 331 g/mol. The molecule has 3 heterocycles. The average molecular weight is 331 g/mol. The van der Waals surface area contributed by atoms with E-state index in [1.807, 2.05) is 4.90 Å². The molecule has 2 aliphatic rings. The van der Waals surface area contributed by atoms with Crippen LogP contribution in [0.4, 0.5) is 0 Å². The van der Waals surface area contributed by atoms with Crippen molar-refractivity contribution in [2.75, 3.05) is 13.2 Å². The van der Waals surface area contributed by atoms with Crippen molar-refractivity contribution < 1.29 is 9.53 Å². The number of aromatic nitrogens is 4. The molecule has 0 bridgehead atoms. The molecule has 24 heavy (non-hydrogen) atoms. The molecule has 0 radical (unpaired) electrons. The molecule has 128 valence electrons. The summed E-state index contributed by atoms with van der Waals surface area (Å²) in [5, 5.41) is 4.54. The number of ether oxygens (including phenoxy) is 1. The zero-order chi connectivity index (χ0) is 16.7. The van der Waals surface area contributed by atoms with Gasteiger partial charge in [-0.2, -0.15) is 5.10 Å². The van der Waals surface area contributed by atoms with Crippen LogP contribution in [0.25, 0.3) is 11.0 Å². The highest BCUT2D eigenvalue weighted by atomic mass is 16.5. The smallest absolute Gasteiger partial charge is 0.264 e. The Labute approximate surface area is 139 Å². The van der Waals surface area contributed by atoms with Crippen molar-refractivity contribution in [1.29, 1.82) is 0 Å². The molecule has 1 aliphatic carbocycles. The van der Waals surface area contributed by atoms with Crippen LogP contribution in [0, 0.1) is 0 Å². The normalized spacial score (nSPS) is 23.6. The number of hydrogen-bond donors (Lipinski definition) is 0. The summed E-state index contributed by atoms with van der Waals surface area (Å²) in [6.07, 6.45) is 6.68. The number of hydrogen-bond acceptors (Lipinski definition) is 5. The molecule has 1 amide bonds. The molecule has 1 aliphatic heterocycles. The summed E-state index contributed by atoms with van der Waals surface area (Å²) in [7, 11) is 1.75. The number of fused-ring (bicyclic) bond motifs is 2. The predicted molar refractivity (Wildman–Crippen MR) is 86.5 cm³/mol. The first-order chi connectivity index (χ1) is 11.6. The standard InChI is InChI=1S/C16H21N5O3/c1-19-15-11(9-18-19)16(23)20(10-17-15)6-5-14(22)21-7-8-24-13-4-2-3-12(13)21/h9-10,12-13H,2-8H2,1H3. The van der Waals surface area contributed by atoms with Crippen LogP contribution in [-0.2, 0) is 23.1 Å². The van der Waals surface area contributed by atoms with E-state index in [2.05, 4.69) is 10.1 Å². The van der Waals surface area contributed by atoms with Crippen LogP contribution in [0.2, 0.25) is 0 Å². The second-order valence-corrected chi connectivity index (χ2v) is 6.49. The highest BCUT2D eigenvalue weighted by Gasteiger charge is 2.38. The predicted octanol–water partition coefficient (Wildman–Crippen LogP) is 0.300. The maximum atomic E-state index is 12.6. The van der Waals surface area contributed by atoms with Crippen molar-refractivity contribution >= 4 is 16.9 Å². The lowest BCUT2D eigenvalue weighted by Gasteiger charge is -2.37. The highest BCUT2D eigenvalue weighted by molar-refractivity contribution is 5.77. The Morgan fingerprint density at radius 1 is 1.42 bits per heavy atom. The zero-order valence-corrected chi connectivity index (χ0v) is 13.7. The third kappa shape index (κ3) is 2.50. The Kier molecular flexibility index (Phi) is 3.84. The van der Waals surface area contributed by atoms with Crippen LogP contribution in [0.15, 0.2) is 17.3 Å². The van der Waals surface area contributed by atoms with Crippen LogP contribution in [-0.4, -0.2) is 55.4 Å². The fourth-order valence-electron chi connectivity index (χ4n) is 3.82. The van der Waals surface area contributed by atoms with Crippen LogP contribution in [0.1, 0.15) is 25.7 Å². The lowest BCUT2D eigenvalue weighted by molar-refractivity contribution is -0.144. The fourth-order valence-corrected chi connectivity index (χ4v) is 3.82. The van der Waals surface area contributed by atoms with Crippen molar-refractivity contribution in [3.63, 3.8) is 0 Å². The molecule has 2 unspecified atom stereocenters. The van der Waals surface area contributed by atoms with E-state index in [1.54, 1.807) is 11.7 Å². The number of carbonyl (C=O) groups excluding carboxylic acids is 1. The van der Waals surface area contributed by atoms with Crippen molar-refractivity contribution in [2.24, 2.45) is 7.05 Å². The highest BCUT2D eigenvalue weighted by Crippen LogP contribution is 2.30. The molecule has 2 atom stereocenters. The molecule has 2 aromatic rings. The number of aryl methyl sites for hydroxylation is 2. The van der Waals surface area contributed by atoms with Crippen LogP contribution in [0.3, 0.4) is 0 Å². The van der Waals surface area contributed by atoms with Gasteiger partial charge < -0.3 is 9.64 Å². The molecule has 1 saturated carbocycles. The molecular formula is C16H21N5O3. The van der Waals surface area contributed by atoms with E-state index in [-0.39, 0.29) is 23.6 Å². The summed E-state index contributed by atoms with van der Waals surface area (Å²) >= 11 is 0. The Hall–Kier alpha value is -2.22. The van der Waals surface area contributed by atoms with Crippen LogP contribution >= 0.6 is 0 Å². The summed E-state index contributed by atoms with van der Waals surface area (Å²) in [5.74, 6) is 0.0911. The quantitative estimate of drug-likeness (QED) is 0.808. The van der Waals surface area contributed by atoms with E-state index >= 15 is 0 Å². The van der Waals surface area contributed by atoms with Crippen molar-refractivity contribution in [3.05, 3.63) is 22.9 Å². The van der Waals surface area contributed by atoms with Gasteiger partial charge in [-0.1, -0.05) is 0 Å². The van der Waals surface area contributed by atoms with Gasteiger partial charge in [0.2, 0.25) is 5.91 Å². The summed E-state index contributed by atoms with van der Waals surface area (Å²) in [4.78, 5) is 31.3. The lowest BCUT2D eigenvalue weighted by atomic mass is 10.1. The minimum atomic E-state index is -0.151. The number of rotatable bonds is 3. The first-order valence-electron chi connectivity index (χ1n) is 8.43. The Balaban J connectivity index is 1.47. The number of amides is 1. The average Bonchev–Trinajstić information content (AvgIpc) is 3.21. The molecule has 2 fully saturated rings. The summed E-state index contributed by atoms with van der Waals surface area (Å²) in [6.45, 7) is 1.59. The Morgan fingerprint density at radius 2 is 2.29 bits per heavy atom. The van der Waals surface area contributed by atoms with Gasteiger partial charge in [0.1, 0.15) is 5.39 Å². The Bertz CT molecular complexity index is 827. The van der Waals surface area contributed by atoms with Gasteiger partial charge in [0, 0.05) is 26.6 Å². The third-order valence-electron chi connectivity index (χ3n) is 5.09. The van der Waals surface area contributed by atoms with E-state index in [4.69, 9.17) is 4.74 Å². The summed E-state index contributed by atoms with van der Waals surface area (Å²) in [6, 6.07) is 0.210. The second-order valence-electron chi connectivity index (χ2n) is 6.49. The number of morpholine rings is 1. The first kappa shape index (κ1) is 15.3. The molecule has 0 spiro atoms. The van der Waals surface area contributed by atoms with E-state index in [9.17, 15) is 9.59 Å². The van der Waals surface area contributed by atoms with Gasteiger partial charge in [-0.15, -0.1) is 0 Å². The van der Waals surface area contributed by atoms with Gasteiger partial charge in [-0.05, 0) is 19.3 Å². The summed E-state index contributed by atoms with van der Waals surface area (Å²) < 4.78 is 8.81. The van der Waals surface area contributed by atoms with Gasteiger partial charge in [0.15, 0.2) is 5.65 Å². The lowest BCUT2D eigenvalue weighted by Crippen LogP contribution is -2.51. The fraction of sp³-hybridized carbons (Fsp3) is 0.625. The molecule has 8 heteroatoms. The van der Waals surface area contributed by atoms with Gasteiger partial charge in [0.05, 0.1) is 31.3 Å². The van der Waals surface area contributed by atoms with E-state index in [0.717, 1.165) is 19.3 Å². The molecule has 4 rings (SSSR count). The van der Waals surface area contributed by atoms with Gasteiger partial charge in [-0.3, -0.25) is 18.8 Å². The zero-order valence-electron chi connectivity index (χ0n) is 13.7.